The van der Waals surface area contributed by atoms with Crippen LogP contribution in [0.15, 0.2) is 28.5 Å². The van der Waals surface area contributed by atoms with E-state index in [-0.39, 0.29) is 12.0 Å². The van der Waals surface area contributed by atoms with Gasteiger partial charge >= 0.3 is 0 Å². The number of fused-ring (bicyclic) bond motifs is 1. The van der Waals surface area contributed by atoms with Crippen molar-refractivity contribution in [1.82, 2.24) is 0 Å². The predicted molar refractivity (Wildman–Crippen MR) is 70.3 cm³/mol. The summed E-state index contributed by atoms with van der Waals surface area (Å²) in [5.74, 6) is -0.610. The van der Waals surface area contributed by atoms with Crippen molar-refractivity contribution >= 4 is 51.0 Å². The Morgan fingerprint density at radius 3 is 2.88 bits per heavy atom. The number of ketones is 1. The predicted octanol–water partition coefficient (Wildman–Crippen LogP) is 2.57. The van der Waals surface area contributed by atoms with Gasteiger partial charge in [0.1, 0.15) is 5.70 Å². The molecule has 1 aromatic rings. The van der Waals surface area contributed by atoms with Crippen LogP contribution in [0.3, 0.4) is 0 Å². The van der Waals surface area contributed by atoms with E-state index in [9.17, 15) is 9.59 Å². The Bertz CT molecular complexity index is 543. The molecule has 0 fully saturated rings. The number of allylic oxidation sites excluding steroid dienone is 1. The van der Waals surface area contributed by atoms with Gasteiger partial charge in [0.25, 0.3) is 0 Å². The molecule has 1 aliphatic rings. The number of nitrogens with one attached hydrogen (secondary N) is 1. The number of aldehydes is 1. The highest BCUT2D eigenvalue weighted by atomic mass is 79.9. The summed E-state index contributed by atoms with van der Waals surface area (Å²) >= 11 is 9.42. The zero-order chi connectivity index (χ0) is 12.6. The molecule has 17 heavy (non-hydrogen) atoms. The zero-order valence-corrected chi connectivity index (χ0v) is 11.2. The molecule has 1 aromatic carbocycles. The summed E-state index contributed by atoms with van der Waals surface area (Å²) in [5.41, 5.74) is 1.65. The molecule has 0 aliphatic carbocycles. The van der Waals surface area contributed by atoms with Crippen molar-refractivity contribution in [1.29, 1.82) is 0 Å². The fourth-order valence-corrected chi connectivity index (χ4v) is 2.42. The van der Waals surface area contributed by atoms with Gasteiger partial charge in [0.15, 0.2) is 6.29 Å². The summed E-state index contributed by atoms with van der Waals surface area (Å²) in [5, 5.41) is 3.34. The monoisotopic (exact) mass is 314 g/mol. The third-order valence-corrected chi connectivity index (χ3v) is 3.13. The fourth-order valence-electron chi connectivity index (χ4n) is 1.58. The summed E-state index contributed by atoms with van der Waals surface area (Å²) < 4.78 is 0.841. The van der Waals surface area contributed by atoms with Crippen LogP contribution in [0, 0.1) is 0 Å². The van der Waals surface area contributed by atoms with Gasteiger partial charge in [0, 0.05) is 17.7 Å². The molecule has 0 saturated heterocycles. The summed E-state index contributed by atoms with van der Waals surface area (Å²) in [7, 11) is 1.78. The Hall–Kier alpha value is -1.33. The largest absolute Gasteiger partial charge is 0.348 e. The van der Waals surface area contributed by atoms with E-state index < -0.39 is 5.78 Å². The number of hydrogen-bond acceptors (Lipinski definition) is 4. The lowest BCUT2D eigenvalue weighted by molar-refractivity contribution is -0.127. The van der Waals surface area contributed by atoms with E-state index in [0.717, 1.165) is 10.2 Å². The van der Waals surface area contributed by atoms with Gasteiger partial charge in [-0.2, -0.15) is 0 Å². The number of rotatable bonds is 2. The van der Waals surface area contributed by atoms with E-state index in [1.807, 2.05) is 6.07 Å². The maximum Gasteiger partial charge on any atom is 0.242 e. The minimum Gasteiger partial charge on any atom is -0.348 e. The van der Waals surface area contributed by atoms with Crippen molar-refractivity contribution in [2.45, 2.75) is 0 Å². The first-order valence-electron chi connectivity index (χ1n) is 4.73. The second-order valence-electron chi connectivity index (χ2n) is 3.54. The van der Waals surface area contributed by atoms with E-state index in [1.165, 1.54) is 0 Å². The van der Waals surface area contributed by atoms with Crippen LogP contribution in [-0.2, 0) is 9.59 Å². The smallest absolute Gasteiger partial charge is 0.242 e. The van der Waals surface area contributed by atoms with Gasteiger partial charge in [-0.3, -0.25) is 9.59 Å². The Kier molecular flexibility index (Phi) is 3.22. The summed E-state index contributed by atoms with van der Waals surface area (Å²) in [6, 6.07) is 3.59. The normalized spacial score (nSPS) is 13.6. The van der Waals surface area contributed by atoms with Crippen LogP contribution in [0.25, 0.3) is 0 Å². The molecule has 4 nitrogen and oxygen atoms in total. The molecule has 0 aromatic heterocycles. The Morgan fingerprint density at radius 2 is 2.24 bits per heavy atom. The number of nitrogens with zero attached hydrogens (tertiary/aromatic N) is 1. The Morgan fingerprint density at radius 1 is 1.53 bits per heavy atom. The minimum atomic E-state index is -0.610. The van der Waals surface area contributed by atoms with Gasteiger partial charge < -0.3 is 10.2 Å². The number of carbonyl (C=O) groups is 2. The summed E-state index contributed by atoms with van der Waals surface area (Å²) in [6.07, 6.45) is 1.83. The van der Waals surface area contributed by atoms with Crippen molar-refractivity contribution in [2.75, 3.05) is 17.3 Å². The third kappa shape index (κ3) is 2.21. The molecule has 1 aliphatic heterocycles. The third-order valence-electron chi connectivity index (χ3n) is 2.37. The van der Waals surface area contributed by atoms with Crippen molar-refractivity contribution in [3.63, 3.8) is 0 Å². The van der Waals surface area contributed by atoms with Crippen LogP contribution in [0.4, 0.5) is 11.4 Å². The van der Waals surface area contributed by atoms with Crippen molar-refractivity contribution < 1.29 is 9.59 Å². The lowest BCUT2D eigenvalue weighted by Crippen LogP contribution is -2.24. The highest BCUT2D eigenvalue weighted by molar-refractivity contribution is 9.10. The molecule has 0 unspecified atom stereocenters. The first-order chi connectivity index (χ1) is 8.02. The molecule has 1 heterocycles. The molecule has 0 amide bonds. The Balaban J connectivity index is 2.50. The first kappa shape index (κ1) is 12.1. The van der Waals surface area contributed by atoms with Gasteiger partial charge in [-0.05, 0) is 12.1 Å². The van der Waals surface area contributed by atoms with E-state index in [1.54, 1.807) is 24.2 Å². The maximum atomic E-state index is 11.3. The van der Waals surface area contributed by atoms with Crippen molar-refractivity contribution in [3.8, 4) is 0 Å². The van der Waals surface area contributed by atoms with Gasteiger partial charge in [0.2, 0.25) is 5.78 Å². The molecule has 0 atom stereocenters. The number of hydrogen-bond donors (Lipinski definition) is 1. The van der Waals surface area contributed by atoms with Crippen LogP contribution >= 0.6 is 27.5 Å². The number of Topliss-reactive ketones (excluding diaryl/α,β-unsaturated/α-hetero) is 1. The van der Waals surface area contributed by atoms with Gasteiger partial charge in [-0.15, -0.1) is 0 Å². The molecule has 0 saturated carbocycles. The second-order valence-corrected chi connectivity index (χ2v) is 4.87. The average Bonchev–Trinajstić information content (AvgIpc) is 2.29. The number of carbonyl (C=O) groups excluding carboxylic acids is 2. The number of anilines is 2. The van der Waals surface area contributed by atoms with E-state index in [4.69, 9.17) is 11.6 Å². The first-order valence-corrected chi connectivity index (χ1v) is 5.90. The molecule has 6 heteroatoms. The fraction of sp³-hybridized carbons (Fsp3) is 0.0909. The average molecular weight is 316 g/mol. The quantitative estimate of drug-likeness (QED) is 0.673. The van der Waals surface area contributed by atoms with Crippen LogP contribution in [0.1, 0.15) is 0 Å². The van der Waals surface area contributed by atoms with Crippen molar-refractivity contribution in [3.05, 3.63) is 33.5 Å². The van der Waals surface area contributed by atoms with E-state index in [2.05, 4.69) is 21.2 Å². The van der Waals surface area contributed by atoms with Crippen molar-refractivity contribution in [2.24, 2.45) is 0 Å². The topological polar surface area (TPSA) is 49.4 Å². The van der Waals surface area contributed by atoms with Crippen LogP contribution in [0.2, 0.25) is 5.02 Å². The molecule has 2 rings (SSSR count). The van der Waals surface area contributed by atoms with Gasteiger partial charge in [-0.25, -0.2) is 0 Å². The SMILES string of the molecule is CN1C=C(C(=O)C=O)Nc2c(Cl)cc(Br)cc21. The molecule has 0 spiro atoms. The summed E-state index contributed by atoms with van der Waals surface area (Å²) in [6.45, 7) is 0. The molecule has 88 valence electrons. The lowest BCUT2D eigenvalue weighted by atomic mass is 10.2. The number of halogens is 2. The van der Waals surface area contributed by atoms with E-state index in [0.29, 0.717) is 10.7 Å². The molecular formula is C11H8BrClN2O2. The lowest BCUT2D eigenvalue weighted by Gasteiger charge is -2.27. The minimum absolute atomic E-state index is 0.208. The Labute approximate surface area is 111 Å². The molecule has 1 N–H and O–H groups in total. The zero-order valence-electron chi connectivity index (χ0n) is 8.83. The molecule has 0 radical (unpaired) electrons. The van der Waals surface area contributed by atoms with Gasteiger partial charge in [0.05, 0.1) is 16.4 Å². The van der Waals surface area contributed by atoms with Crippen LogP contribution in [-0.4, -0.2) is 19.1 Å². The van der Waals surface area contributed by atoms with Gasteiger partial charge in [-0.1, -0.05) is 27.5 Å². The highest BCUT2D eigenvalue weighted by Crippen LogP contribution is 2.39. The number of benzene rings is 1. The molecule has 0 bridgehead atoms. The highest BCUT2D eigenvalue weighted by Gasteiger charge is 2.21. The van der Waals surface area contributed by atoms with Crippen LogP contribution < -0.4 is 10.2 Å². The van der Waals surface area contributed by atoms with E-state index >= 15 is 0 Å². The van der Waals surface area contributed by atoms with Crippen LogP contribution in [0.5, 0.6) is 0 Å². The summed E-state index contributed by atoms with van der Waals surface area (Å²) in [4.78, 5) is 23.5. The standard InChI is InChI=1S/C11H8BrClN2O2/c1-15-4-8(10(17)5-16)14-11-7(13)2-6(12)3-9(11)15/h2-5,14H,1H3. The second kappa shape index (κ2) is 4.50. The molecular weight excluding hydrogens is 307 g/mol. The maximum absolute atomic E-state index is 11.3.